The first-order valence-electron chi connectivity index (χ1n) is 8.80. The van der Waals surface area contributed by atoms with Crippen molar-refractivity contribution >= 4 is 11.6 Å². The zero-order chi connectivity index (χ0) is 19.4. The minimum atomic E-state index is -0.324. The summed E-state index contributed by atoms with van der Waals surface area (Å²) >= 11 is 0. The molecule has 1 N–H and O–H groups in total. The van der Waals surface area contributed by atoms with Crippen LogP contribution >= 0.6 is 0 Å². The first-order valence-corrected chi connectivity index (χ1v) is 8.80. The van der Waals surface area contributed by atoms with Crippen LogP contribution in [-0.2, 0) is 22.7 Å². The summed E-state index contributed by atoms with van der Waals surface area (Å²) in [5.41, 5.74) is 2.59. The molecule has 1 amide bonds. The fraction of sp³-hybridized carbons (Fsp3) is 0.333. The molecule has 0 saturated carbocycles. The van der Waals surface area contributed by atoms with Gasteiger partial charge in [0.15, 0.2) is 17.2 Å². The van der Waals surface area contributed by atoms with Gasteiger partial charge in [-0.1, -0.05) is 41.6 Å². The van der Waals surface area contributed by atoms with Crippen LogP contribution in [0.1, 0.15) is 30.5 Å². The maximum Gasteiger partial charge on any atom is 0.273 e. The van der Waals surface area contributed by atoms with Crippen molar-refractivity contribution in [3.8, 4) is 11.5 Å². The normalized spacial score (nSPS) is 14.9. The fourth-order valence-electron chi connectivity index (χ4n) is 3.16. The van der Waals surface area contributed by atoms with E-state index in [2.05, 4.69) is 30.4 Å². The number of nitrogens with zero attached hydrogens (tertiary/aromatic N) is 1. The lowest BCUT2D eigenvalue weighted by Gasteiger charge is -2.18. The van der Waals surface area contributed by atoms with Crippen LogP contribution in [0, 0.1) is 0 Å². The molecule has 0 saturated heterocycles. The Morgan fingerprint density at radius 3 is 2.74 bits per heavy atom. The summed E-state index contributed by atoms with van der Waals surface area (Å²) in [7, 11) is 2.97. The van der Waals surface area contributed by atoms with E-state index in [1.54, 1.807) is 7.05 Å². The highest BCUT2D eigenvalue weighted by Crippen LogP contribution is 2.42. The van der Waals surface area contributed by atoms with Gasteiger partial charge in [0.1, 0.15) is 19.3 Å². The molecule has 6 heteroatoms. The number of para-hydroxylation sites is 1. The predicted molar refractivity (Wildman–Crippen MR) is 103 cm³/mol. The average molecular weight is 368 g/mol. The number of carbonyl (C=O) groups is 1. The van der Waals surface area contributed by atoms with Gasteiger partial charge in [-0.3, -0.25) is 4.79 Å². The van der Waals surface area contributed by atoms with Crippen molar-refractivity contribution in [1.82, 2.24) is 5.32 Å². The van der Waals surface area contributed by atoms with Crippen LogP contribution in [0.25, 0.3) is 0 Å². The second-order valence-electron chi connectivity index (χ2n) is 6.93. The Morgan fingerprint density at radius 1 is 1.22 bits per heavy atom. The van der Waals surface area contributed by atoms with E-state index in [1.165, 1.54) is 7.11 Å². The first-order chi connectivity index (χ1) is 12.9. The molecule has 0 atom stereocenters. The molecule has 0 spiro atoms. The van der Waals surface area contributed by atoms with Gasteiger partial charge in [0.05, 0.1) is 0 Å². The summed E-state index contributed by atoms with van der Waals surface area (Å²) in [6.45, 7) is 4.39. The minimum absolute atomic E-state index is 0.204. The monoisotopic (exact) mass is 368 g/mol. The molecule has 0 unspecified atom stereocenters. The smallest absolute Gasteiger partial charge is 0.273 e. The number of nitrogens with one attached hydrogen (secondary N) is 1. The molecule has 6 nitrogen and oxygen atoms in total. The maximum atomic E-state index is 12.2. The first kappa shape index (κ1) is 18.8. The highest BCUT2D eigenvalue weighted by atomic mass is 16.6. The van der Waals surface area contributed by atoms with E-state index in [9.17, 15) is 4.79 Å². The topological polar surface area (TPSA) is 69.2 Å². The Hall–Kier alpha value is -3.02. The van der Waals surface area contributed by atoms with Crippen molar-refractivity contribution in [2.75, 3.05) is 14.2 Å². The third kappa shape index (κ3) is 4.05. The summed E-state index contributed by atoms with van der Waals surface area (Å²) in [5.74, 6) is 1.16. The van der Waals surface area contributed by atoms with Gasteiger partial charge in [0.25, 0.3) is 5.91 Å². The molecule has 0 radical (unpaired) electrons. The van der Waals surface area contributed by atoms with Crippen LogP contribution in [0.2, 0.25) is 0 Å². The number of hydrogen-bond donors (Lipinski definition) is 1. The number of benzene rings is 2. The lowest BCUT2D eigenvalue weighted by molar-refractivity contribution is -0.114. The Morgan fingerprint density at radius 2 is 2.00 bits per heavy atom. The van der Waals surface area contributed by atoms with Gasteiger partial charge in [-0.25, -0.2) is 0 Å². The molecule has 2 aromatic rings. The molecule has 1 heterocycles. The SMILES string of the molecule is CNC(=O)/C(=N/OC)c1ccccc1COc1cccc2c1OC(C)(C)C2. The number of likely N-dealkylation sites (N-methyl/N-ethyl adjacent to an activating group) is 1. The standard InChI is InChI=1S/C21H24N2O4/c1-21(2)12-14-9-7-11-17(19(14)27-21)26-13-15-8-5-6-10-16(15)18(23-25-4)20(24)22-3/h5-11H,12-13H2,1-4H3,(H,22,24)/b23-18+. The molecule has 3 rings (SSSR count). The molecule has 1 aliphatic heterocycles. The van der Waals surface area contributed by atoms with E-state index < -0.39 is 0 Å². The number of carbonyl (C=O) groups excluding carboxylic acids is 1. The zero-order valence-electron chi connectivity index (χ0n) is 16.0. The second kappa shape index (κ2) is 7.70. The Bertz CT molecular complexity index is 874. The average Bonchev–Trinajstić information content (AvgIpc) is 2.98. The van der Waals surface area contributed by atoms with Gasteiger partial charge in [-0.05, 0) is 25.5 Å². The van der Waals surface area contributed by atoms with E-state index in [0.717, 1.165) is 23.3 Å². The van der Waals surface area contributed by atoms with E-state index >= 15 is 0 Å². The molecular weight excluding hydrogens is 344 g/mol. The van der Waals surface area contributed by atoms with Crippen LogP contribution in [0.3, 0.4) is 0 Å². The van der Waals surface area contributed by atoms with Crippen molar-refractivity contribution in [3.05, 3.63) is 59.2 Å². The van der Waals surface area contributed by atoms with Gasteiger partial charge in [0, 0.05) is 24.6 Å². The van der Waals surface area contributed by atoms with Crippen molar-refractivity contribution in [2.45, 2.75) is 32.5 Å². The van der Waals surface area contributed by atoms with Crippen LogP contribution in [0.4, 0.5) is 0 Å². The third-order valence-electron chi connectivity index (χ3n) is 4.34. The largest absolute Gasteiger partial charge is 0.485 e. The quantitative estimate of drug-likeness (QED) is 0.628. The molecule has 0 aromatic heterocycles. The fourth-order valence-corrected chi connectivity index (χ4v) is 3.16. The lowest BCUT2D eigenvalue weighted by Crippen LogP contribution is -2.29. The van der Waals surface area contributed by atoms with Gasteiger partial charge in [-0.15, -0.1) is 0 Å². The Kier molecular flexibility index (Phi) is 5.35. The third-order valence-corrected chi connectivity index (χ3v) is 4.34. The number of amides is 1. The minimum Gasteiger partial charge on any atom is -0.485 e. The lowest BCUT2D eigenvalue weighted by atomic mass is 10.0. The highest BCUT2D eigenvalue weighted by Gasteiger charge is 2.32. The van der Waals surface area contributed by atoms with Crippen LogP contribution in [0.15, 0.2) is 47.6 Å². The summed E-state index contributed by atoms with van der Waals surface area (Å²) in [6.07, 6.45) is 0.845. The van der Waals surface area contributed by atoms with Crippen LogP contribution in [-0.4, -0.2) is 31.4 Å². The van der Waals surface area contributed by atoms with Gasteiger partial charge < -0.3 is 19.6 Å². The van der Waals surface area contributed by atoms with Crippen LogP contribution < -0.4 is 14.8 Å². The number of rotatable bonds is 6. The van der Waals surface area contributed by atoms with E-state index in [4.69, 9.17) is 14.3 Å². The van der Waals surface area contributed by atoms with Gasteiger partial charge >= 0.3 is 0 Å². The molecule has 2 aromatic carbocycles. The summed E-state index contributed by atoms with van der Waals surface area (Å²) in [5, 5.41) is 6.46. The van der Waals surface area contributed by atoms with E-state index in [1.807, 2.05) is 36.4 Å². The van der Waals surface area contributed by atoms with Crippen LogP contribution in [0.5, 0.6) is 11.5 Å². The maximum absolute atomic E-state index is 12.2. The molecular formula is C21H24N2O4. The summed E-state index contributed by atoms with van der Waals surface area (Å²) in [4.78, 5) is 17.0. The van der Waals surface area contributed by atoms with Crippen molar-refractivity contribution < 1.29 is 19.1 Å². The molecule has 27 heavy (non-hydrogen) atoms. The molecule has 1 aliphatic rings. The van der Waals surface area contributed by atoms with E-state index in [-0.39, 0.29) is 23.8 Å². The molecule has 0 fully saturated rings. The van der Waals surface area contributed by atoms with E-state index in [0.29, 0.717) is 11.3 Å². The molecule has 0 bridgehead atoms. The van der Waals surface area contributed by atoms with Crippen molar-refractivity contribution in [1.29, 1.82) is 0 Å². The second-order valence-corrected chi connectivity index (χ2v) is 6.93. The highest BCUT2D eigenvalue weighted by molar-refractivity contribution is 6.45. The molecule has 0 aliphatic carbocycles. The summed E-state index contributed by atoms with van der Waals surface area (Å²) < 4.78 is 12.1. The number of hydrogen-bond acceptors (Lipinski definition) is 5. The Balaban J connectivity index is 1.86. The Labute approximate surface area is 159 Å². The van der Waals surface area contributed by atoms with Crippen molar-refractivity contribution in [3.63, 3.8) is 0 Å². The number of fused-ring (bicyclic) bond motifs is 1. The zero-order valence-corrected chi connectivity index (χ0v) is 16.0. The van der Waals surface area contributed by atoms with Crippen molar-refractivity contribution in [2.24, 2.45) is 5.16 Å². The number of oxime groups is 1. The van der Waals surface area contributed by atoms with Gasteiger partial charge in [0.2, 0.25) is 0 Å². The van der Waals surface area contributed by atoms with Gasteiger partial charge in [-0.2, -0.15) is 0 Å². The summed E-state index contributed by atoms with van der Waals surface area (Å²) in [6, 6.07) is 13.4. The predicted octanol–water partition coefficient (Wildman–Crippen LogP) is 3.08. The molecule has 142 valence electrons. The number of ether oxygens (including phenoxy) is 2.